The van der Waals surface area contributed by atoms with Gasteiger partial charge in [-0.25, -0.2) is 9.97 Å². The molecule has 94 valence electrons. The number of aromatic amines is 1. The lowest BCUT2D eigenvalue weighted by Gasteiger charge is -1.94. The average molecular weight is 266 g/mol. The molecule has 2 aromatic rings. The zero-order valence-corrected chi connectivity index (χ0v) is 9.98. The summed E-state index contributed by atoms with van der Waals surface area (Å²) in [6, 6.07) is 0. The van der Waals surface area contributed by atoms with Crippen LogP contribution < -0.4 is 11.5 Å². The summed E-state index contributed by atoms with van der Waals surface area (Å²) in [7, 11) is 0. The second-order valence-corrected chi connectivity index (χ2v) is 4.13. The minimum atomic E-state index is -0.668. The minimum absolute atomic E-state index is 0.149. The van der Waals surface area contributed by atoms with Gasteiger partial charge in [-0.3, -0.25) is 4.79 Å². The summed E-state index contributed by atoms with van der Waals surface area (Å²) in [6.45, 7) is 0.149. The van der Waals surface area contributed by atoms with Gasteiger partial charge >= 0.3 is 0 Å². The molecule has 0 radical (unpaired) electrons. The van der Waals surface area contributed by atoms with Gasteiger partial charge in [-0.15, -0.1) is 11.3 Å². The lowest BCUT2D eigenvalue weighted by atomic mass is 10.5. The SMILES string of the molecule is NC(=O)C=NOCc1cnc(-c2csc(N)n2)[nH]1. The second-order valence-electron chi connectivity index (χ2n) is 3.24. The third kappa shape index (κ3) is 3.04. The van der Waals surface area contributed by atoms with Crippen molar-refractivity contribution in [1.82, 2.24) is 15.0 Å². The number of thiazole rings is 1. The number of aromatic nitrogens is 3. The van der Waals surface area contributed by atoms with Gasteiger partial charge in [-0.2, -0.15) is 0 Å². The molecule has 0 aliphatic rings. The number of hydrogen-bond acceptors (Lipinski definition) is 7. The van der Waals surface area contributed by atoms with Crippen LogP contribution in [0, 0.1) is 0 Å². The first kappa shape index (κ1) is 12.0. The van der Waals surface area contributed by atoms with Gasteiger partial charge in [0.25, 0.3) is 5.91 Å². The van der Waals surface area contributed by atoms with E-state index in [1.807, 2.05) is 0 Å². The van der Waals surface area contributed by atoms with Crippen LogP contribution in [0.2, 0.25) is 0 Å². The number of nitrogens with one attached hydrogen (secondary N) is 1. The third-order valence-electron chi connectivity index (χ3n) is 1.87. The first-order valence-electron chi connectivity index (χ1n) is 4.85. The maximum absolute atomic E-state index is 10.4. The van der Waals surface area contributed by atoms with Gasteiger partial charge in [0.2, 0.25) is 0 Å². The molecule has 0 saturated heterocycles. The summed E-state index contributed by atoms with van der Waals surface area (Å²) < 4.78 is 0. The number of anilines is 1. The first-order valence-corrected chi connectivity index (χ1v) is 5.73. The van der Waals surface area contributed by atoms with Gasteiger partial charge in [-0.05, 0) is 0 Å². The van der Waals surface area contributed by atoms with E-state index in [0.717, 1.165) is 6.21 Å². The Labute approximate surface area is 106 Å². The predicted molar refractivity (Wildman–Crippen MR) is 66.6 cm³/mol. The number of nitrogens with two attached hydrogens (primary N) is 2. The van der Waals surface area contributed by atoms with E-state index < -0.39 is 5.91 Å². The van der Waals surface area contributed by atoms with Gasteiger partial charge in [-0.1, -0.05) is 5.16 Å². The molecule has 0 spiro atoms. The van der Waals surface area contributed by atoms with Gasteiger partial charge in [0.15, 0.2) is 17.6 Å². The number of carbonyl (C=O) groups excluding carboxylic acids is 1. The third-order valence-corrected chi connectivity index (χ3v) is 2.54. The average Bonchev–Trinajstić information content (AvgIpc) is 2.93. The topological polar surface area (TPSA) is 132 Å². The molecule has 18 heavy (non-hydrogen) atoms. The molecule has 0 atom stereocenters. The Bertz CT molecular complexity index is 575. The van der Waals surface area contributed by atoms with Crippen LogP contribution in [0.25, 0.3) is 11.5 Å². The molecule has 9 heteroatoms. The highest BCUT2D eigenvalue weighted by Crippen LogP contribution is 2.20. The van der Waals surface area contributed by atoms with E-state index in [1.165, 1.54) is 11.3 Å². The van der Waals surface area contributed by atoms with Crippen molar-refractivity contribution >= 4 is 28.6 Å². The standard InChI is InChI=1S/C9H10N6O2S/c10-7(16)2-13-17-3-5-1-12-8(14-5)6-4-18-9(11)15-6/h1-2,4H,3H2,(H2,10,16)(H2,11,15)(H,12,14). The largest absolute Gasteiger partial charge is 0.389 e. The van der Waals surface area contributed by atoms with E-state index >= 15 is 0 Å². The molecule has 1 amide bonds. The molecule has 0 fully saturated rings. The number of primary amides is 1. The van der Waals surface area contributed by atoms with Crippen LogP contribution in [0.5, 0.6) is 0 Å². The number of carbonyl (C=O) groups is 1. The van der Waals surface area contributed by atoms with Gasteiger partial charge in [0.05, 0.1) is 11.9 Å². The quantitative estimate of drug-likeness (QED) is 0.521. The molecule has 2 aromatic heterocycles. The predicted octanol–water partition coefficient (Wildman–Crippen LogP) is 0.103. The summed E-state index contributed by atoms with van der Waals surface area (Å²) in [5.41, 5.74) is 11.7. The molecular weight excluding hydrogens is 256 g/mol. The number of amides is 1. The first-order chi connectivity index (χ1) is 8.65. The maximum atomic E-state index is 10.4. The van der Waals surface area contributed by atoms with Gasteiger partial charge in [0, 0.05) is 5.38 Å². The molecule has 0 saturated carbocycles. The lowest BCUT2D eigenvalue weighted by Crippen LogP contribution is -2.11. The van der Waals surface area contributed by atoms with E-state index in [1.54, 1.807) is 11.6 Å². The van der Waals surface area contributed by atoms with Crippen molar-refractivity contribution in [3.63, 3.8) is 0 Å². The van der Waals surface area contributed by atoms with E-state index in [-0.39, 0.29) is 6.61 Å². The Kier molecular flexibility index (Phi) is 3.53. The van der Waals surface area contributed by atoms with Crippen molar-refractivity contribution in [3.8, 4) is 11.5 Å². The zero-order valence-electron chi connectivity index (χ0n) is 9.16. The number of nitrogens with zero attached hydrogens (tertiary/aromatic N) is 3. The Morgan fingerprint density at radius 1 is 1.67 bits per heavy atom. The molecule has 2 rings (SSSR count). The molecule has 0 aliphatic heterocycles. The highest BCUT2D eigenvalue weighted by atomic mass is 32.1. The number of rotatable bonds is 5. The van der Waals surface area contributed by atoms with E-state index in [2.05, 4.69) is 20.1 Å². The number of imidazole rings is 1. The summed E-state index contributed by atoms with van der Waals surface area (Å²) >= 11 is 1.33. The number of nitrogen functional groups attached to an aromatic ring is 1. The van der Waals surface area contributed by atoms with Crippen molar-refractivity contribution in [1.29, 1.82) is 0 Å². The van der Waals surface area contributed by atoms with Gasteiger partial charge < -0.3 is 21.3 Å². The maximum Gasteiger partial charge on any atom is 0.263 e. The van der Waals surface area contributed by atoms with Crippen LogP contribution in [0.3, 0.4) is 0 Å². The van der Waals surface area contributed by atoms with Crippen LogP contribution in [0.1, 0.15) is 5.69 Å². The van der Waals surface area contributed by atoms with Crippen molar-refractivity contribution in [2.75, 3.05) is 5.73 Å². The summed E-state index contributed by atoms with van der Waals surface area (Å²) in [5.74, 6) is -0.0707. The van der Waals surface area contributed by atoms with E-state index in [0.29, 0.717) is 22.3 Å². The summed E-state index contributed by atoms with van der Waals surface area (Å²) in [4.78, 5) is 26.4. The van der Waals surface area contributed by atoms with Gasteiger partial charge in [0.1, 0.15) is 11.9 Å². The fourth-order valence-corrected chi connectivity index (χ4v) is 1.70. The van der Waals surface area contributed by atoms with Crippen LogP contribution >= 0.6 is 11.3 Å². The highest BCUT2D eigenvalue weighted by molar-refractivity contribution is 7.13. The van der Waals surface area contributed by atoms with Crippen molar-refractivity contribution in [2.24, 2.45) is 10.9 Å². The number of oxime groups is 1. The Hall–Kier alpha value is -2.42. The fourth-order valence-electron chi connectivity index (χ4n) is 1.16. The molecule has 5 N–H and O–H groups in total. The van der Waals surface area contributed by atoms with Crippen molar-refractivity contribution < 1.29 is 9.63 Å². The number of hydrogen-bond donors (Lipinski definition) is 3. The van der Waals surface area contributed by atoms with E-state index in [9.17, 15) is 4.79 Å². The smallest absolute Gasteiger partial charge is 0.263 e. The number of H-pyrrole nitrogens is 1. The molecule has 0 bridgehead atoms. The van der Waals surface area contributed by atoms with Crippen LogP contribution in [0.15, 0.2) is 16.7 Å². The molecular formula is C9H10N6O2S. The summed E-state index contributed by atoms with van der Waals surface area (Å²) in [5, 5.41) is 5.64. The lowest BCUT2D eigenvalue weighted by molar-refractivity contribution is -0.111. The van der Waals surface area contributed by atoms with Crippen LogP contribution in [-0.2, 0) is 16.2 Å². The Morgan fingerprint density at radius 3 is 3.17 bits per heavy atom. The van der Waals surface area contributed by atoms with Crippen molar-refractivity contribution in [2.45, 2.75) is 6.61 Å². The molecule has 2 heterocycles. The Balaban J connectivity index is 1.96. The molecule has 0 aromatic carbocycles. The molecule has 0 aliphatic carbocycles. The molecule has 0 unspecified atom stereocenters. The normalized spacial score (nSPS) is 10.9. The Morgan fingerprint density at radius 2 is 2.50 bits per heavy atom. The zero-order chi connectivity index (χ0) is 13.0. The van der Waals surface area contributed by atoms with Crippen LogP contribution in [-0.4, -0.2) is 27.1 Å². The van der Waals surface area contributed by atoms with Crippen LogP contribution in [0.4, 0.5) is 5.13 Å². The van der Waals surface area contributed by atoms with Crippen molar-refractivity contribution in [3.05, 3.63) is 17.3 Å². The fraction of sp³-hybridized carbons (Fsp3) is 0.111. The monoisotopic (exact) mass is 266 g/mol. The van der Waals surface area contributed by atoms with E-state index in [4.69, 9.17) is 16.3 Å². The highest BCUT2D eigenvalue weighted by Gasteiger charge is 2.07. The second kappa shape index (κ2) is 5.27. The summed E-state index contributed by atoms with van der Waals surface area (Å²) in [6.07, 6.45) is 2.48. The molecule has 8 nitrogen and oxygen atoms in total. The minimum Gasteiger partial charge on any atom is -0.389 e.